The third kappa shape index (κ3) is 2.92. The lowest BCUT2D eigenvalue weighted by atomic mass is 9.87. The van der Waals surface area contributed by atoms with Gasteiger partial charge in [-0.25, -0.2) is 19.7 Å². The molecule has 1 saturated carbocycles. The van der Waals surface area contributed by atoms with E-state index in [0.29, 0.717) is 22.6 Å². The molecule has 0 aromatic carbocycles. The van der Waals surface area contributed by atoms with E-state index in [4.69, 9.17) is 4.74 Å². The van der Waals surface area contributed by atoms with Crippen LogP contribution in [0.5, 0.6) is 5.75 Å². The number of carbonyl (C=O) groups is 2. The SMILES string of the molecule is CSc1ncc2c(O)c3n(c2n1)[C@@H]1CCCC[C@@H]1N(C(=O)OC(C)(C)C)C3=O. The average Bonchev–Trinajstić information content (AvgIpc) is 2.93. The van der Waals surface area contributed by atoms with Gasteiger partial charge in [-0.3, -0.25) is 4.79 Å². The average molecular weight is 404 g/mol. The number of amides is 2. The van der Waals surface area contributed by atoms with Crippen LogP contribution in [0.3, 0.4) is 0 Å². The van der Waals surface area contributed by atoms with Gasteiger partial charge in [0, 0.05) is 6.20 Å². The van der Waals surface area contributed by atoms with E-state index in [1.807, 2.05) is 10.8 Å². The molecule has 150 valence electrons. The molecular weight excluding hydrogens is 380 g/mol. The van der Waals surface area contributed by atoms with E-state index in [1.165, 1.54) is 22.9 Å². The lowest BCUT2D eigenvalue weighted by molar-refractivity contribution is 0.00234. The Morgan fingerprint density at radius 2 is 1.96 bits per heavy atom. The largest absolute Gasteiger partial charge is 0.505 e. The minimum absolute atomic E-state index is 0.0940. The number of ether oxygens (including phenoxy) is 1. The van der Waals surface area contributed by atoms with Crippen molar-refractivity contribution in [1.29, 1.82) is 0 Å². The highest BCUT2D eigenvalue weighted by Gasteiger charge is 2.48. The summed E-state index contributed by atoms with van der Waals surface area (Å²) in [5, 5.41) is 11.8. The van der Waals surface area contributed by atoms with E-state index < -0.39 is 17.6 Å². The maximum atomic E-state index is 13.3. The maximum absolute atomic E-state index is 13.3. The molecule has 0 radical (unpaired) electrons. The van der Waals surface area contributed by atoms with Crippen molar-refractivity contribution in [3.8, 4) is 5.75 Å². The van der Waals surface area contributed by atoms with Gasteiger partial charge in [0.2, 0.25) is 0 Å². The summed E-state index contributed by atoms with van der Waals surface area (Å²) in [6.45, 7) is 5.31. The van der Waals surface area contributed by atoms with Crippen LogP contribution < -0.4 is 0 Å². The first-order valence-electron chi connectivity index (χ1n) is 9.43. The molecule has 2 aliphatic rings. The Kier molecular flexibility index (Phi) is 4.52. The Morgan fingerprint density at radius 1 is 1.29 bits per heavy atom. The van der Waals surface area contributed by atoms with E-state index in [9.17, 15) is 14.7 Å². The quantitative estimate of drug-likeness (QED) is 0.571. The zero-order chi connectivity index (χ0) is 20.2. The highest BCUT2D eigenvalue weighted by atomic mass is 32.2. The van der Waals surface area contributed by atoms with Crippen LogP contribution in [0.15, 0.2) is 11.4 Å². The van der Waals surface area contributed by atoms with Gasteiger partial charge >= 0.3 is 6.09 Å². The number of aromatic nitrogens is 3. The van der Waals surface area contributed by atoms with Crippen molar-refractivity contribution < 1.29 is 19.4 Å². The van der Waals surface area contributed by atoms with Crippen molar-refractivity contribution in [3.05, 3.63) is 11.9 Å². The first kappa shape index (κ1) is 19.0. The van der Waals surface area contributed by atoms with Gasteiger partial charge in [-0.15, -0.1) is 0 Å². The smallest absolute Gasteiger partial charge is 0.417 e. The molecular formula is C19H24N4O4S. The third-order valence-corrected chi connectivity index (χ3v) is 5.81. The van der Waals surface area contributed by atoms with Crippen LogP contribution in [0.2, 0.25) is 0 Å². The number of nitrogens with zero attached hydrogens (tertiary/aromatic N) is 4. The molecule has 1 aliphatic carbocycles. The third-order valence-electron chi connectivity index (χ3n) is 5.25. The predicted molar refractivity (Wildman–Crippen MR) is 105 cm³/mol. The fourth-order valence-electron chi connectivity index (χ4n) is 4.17. The highest BCUT2D eigenvalue weighted by Crippen LogP contribution is 2.45. The molecule has 1 aliphatic heterocycles. The number of aromatic hydroxyl groups is 1. The van der Waals surface area contributed by atoms with E-state index >= 15 is 0 Å². The van der Waals surface area contributed by atoms with Crippen molar-refractivity contribution >= 4 is 34.8 Å². The lowest BCUT2D eigenvalue weighted by Gasteiger charge is -2.43. The monoisotopic (exact) mass is 404 g/mol. The second-order valence-electron chi connectivity index (χ2n) is 8.24. The number of imide groups is 1. The van der Waals surface area contributed by atoms with Crippen molar-refractivity contribution in [1.82, 2.24) is 19.4 Å². The van der Waals surface area contributed by atoms with Gasteiger partial charge in [-0.2, -0.15) is 0 Å². The van der Waals surface area contributed by atoms with Gasteiger partial charge in [0.05, 0.1) is 17.5 Å². The topological polar surface area (TPSA) is 97.6 Å². The second kappa shape index (κ2) is 6.65. The van der Waals surface area contributed by atoms with E-state index in [2.05, 4.69) is 9.97 Å². The molecule has 0 saturated heterocycles. The molecule has 2 aromatic rings. The Labute approximate surface area is 167 Å². The van der Waals surface area contributed by atoms with Crippen LogP contribution in [0.25, 0.3) is 11.0 Å². The Balaban J connectivity index is 1.90. The summed E-state index contributed by atoms with van der Waals surface area (Å²) in [4.78, 5) is 36.2. The molecule has 1 N–H and O–H groups in total. The standard InChI is InChI=1S/C19H24N4O4S/c1-19(2,3)27-18(26)23-12-8-6-5-7-11(12)22-13(16(23)25)14(24)10-9-20-17(28-4)21-15(10)22/h9,11-12,24H,5-8H2,1-4H3/t11-,12+/m1/s1. The van der Waals surface area contributed by atoms with E-state index in [0.717, 1.165) is 19.3 Å². The fraction of sp³-hybridized carbons (Fsp3) is 0.579. The van der Waals surface area contributed by atoms with E-state index in [-0.39, 0.29) is 23.5 Å². The zero-order valence-corrected chi connectivity index (χ0v) is 17.2. The molecule has 8 nitrogen and oxygen atoms in total. The van der Waals surface area contributed by atoms with Gasteiger partial charge in [-0.05, 0) is 39.9 Å². The number of fused-ring (bicyclic) bond motifs is 5. The number of thioether (sulfide) groups is 1. The molecule has 4 rings (SSSR count). The summed E-state index contributed by atoms with van der Waals surface area (Å²) >= 11 is 1.40. The number of carbonyl (C=O) groups excluding carboxylic acids is 2. The van der Waals surface area contributed by atoms with Gasteiger partial charge < -0.3 is 14.4 Å². The molecule has 3 heterocycles. The predicted octanol–water partition coefficient (Wildman–Crippen LogP) is 3.73. The Hall–Kier alpha value is -2.29. The van der Waals surface area contributed by atoms with Gasteiger partial charge in [0.1, 0.15) is 11.2 Å². The summed E-state index contributed by atoms with van der Waals surface area (Å²) < 4.78 is 7.32. The van der Waals surface area contributed by atoms with Crippen molar-refractivity contribution in [2.45, 2.75) is 69.3 Å². The Bertz CT molecular complexity index is 965. The van der Waals surface area contributed by atoms with Crippen LogP contribution >= 0.6 is 11.8 Å². The molecule has 0 spiro atoms. The molecule has 2 amide bonds. The number of hydrogen-bond acceptors (Lipinski definition) is 7. The molecule has 0 unspecified atom stereocenters. The maximum Gasteiger partial charge on any atom is 0.417 e. The minimum atomic E-state index is -0.716. The summed E-state index contributed by atoms with van der Waals surface area (Å²) in [6.07, 6.45) is 6.16. The van der Waals surface area contributed by atoms with Crippen LogP contribution in [0.1, 0.15) is 63.0 Å². The summed E-state index contributed by atoms with van der Waals surface area (Å²) in [5.41, 5.74) is -0.0792. The molecule has 0 bridgehead atoms. The summed E-state index contributed by atoms with van der Waals surface area (Å²) in [7, 11) is 0. The van der Waals surface area contributed by atoms with Crippen LogP contribution in [0, 0.1) is 0 Å². The minimum Gasteiger partial charge on any atom is -0.505 e. The van der Waals surface area contributed by atoms with Crippen LogP contribution in [-0.2, 0) is 4.74 Å². The van der Waals surface area contributed by atoms with Gasteiger partial charge in [-0.1, -0.05) is 24.6 Å². The highest BCUT2D eigenvalue weighted by molar-refractivity contribution is 7.98. The first-order valence-corrected chi connectivity index (χ1v) is 10.7. The lowest BCUT2D eigenvalue weighted by Crippen LogP contribution is -2.55. The first-order chi connectivity index (χ1) is 13.2. The van der Waals surface area contributed by atoms with Crippen LogP contribution in [-0.4, -0.2) is 54.4 Å². The van der Waals surface area contributed by atoms with Crippen molar-refractivity contribution in [2.24, 2.45) is 0 Å². The van der Waals surface area contributed by atoms with Gasteiger partial charge in [0.25, 0.3) is 5.91 Å². The Morgan fingerprint density at radius 3 is 2.61 bits per heavy atom. The number of hydrogen-bond donors (Lipinski definition) is 1. The summed E-state index contributed by atoms with van der Waals surface area (Å²) in [5.74, 6) is -0.719. The normalized spacial score (nSPS) is 22.1. The van der Waals surface area contributed by atoms with Gasteiger partial charge in [0.15, 0.2) is 16.6 Å². The fourth-order valence-corrected chi connectivity index (χ4v) is 4.51. The molecule has 28 heavy (non-hydrogen) atoms. The second-order valence-corrected chi connectivity index (χ2v) is 9.01. The zero-order valence-electron chi connectivity index (χ0n) is 16.4. The van der Waals surface area contributed by atoms with Crippen LogP contribution in [0.4, 0.5) is 4.79 Å². The number of rotatable bonds is 1. The molecule has 1 fully saturated rings. The van der Waals surface area contributed by atoms with E-state index in [1.54, 1.807) is 20.8 Å². The molecule has 2 atom stereocenters. The molecule has 9 heteroatoms. The van der Waals surface area contributed by atoms with Crippen molar-refractivity contribution in [2.75, 3.05) is 6.26 Å². The summed E-state index contributed by atoms with van der Waals surface area (Å²) in [6, 6.07) is -0.451. The molecule has 2 aromatic heterocycles. The van der Waals surface area contributed by atoms with Crippen molar-refractivity contribution in [3.63, 3.8) is 0 Å².